The van der Waals surface area contributed by atoms with Gasteiger partial charge in [-0.1, -0.05) is 11.8 Å². The number of nitro groups is 1. The molecule has 0 aliphatic carbocycles. The quantitative estimate of drug-likeness (QED) is 0.425. The Morgan fingerprint density at radius 3 is 2.93 bits per heavy atom. The van der Waals surface area contributed by atoms with E-state index >= 15 is 0 Å². The van der Waals surface area contributed by atoms with Gasteiger partial charge >= 0.3 is 0 Å². The molecule has 0 amide bonds. The highest BCUT2D eigenvalue weighted by Crippen LogP contribution is 2.17. The summed E-state index contributed by atoms with van der Waals surface area (Å²) in [5.41, 5.74) is 0.646. The van der Waals surface area contributed by atoms with Crippen LogP contribution >= 0.6 is 11.8 Å². The van der Waals surface area contributed by atoms with E-state index in [9.17, 15) is 10.1 Å². The van der Waals surface area contributed by atoms with Gasteiger partial charge in [0, 0.05) is 6.07 Å². The minimum atomic E-state index is -0.441. The first-order chi connectivity index (χ1) is 6.72. The fraction of sp³-hybridized carbons (Fsp3) is 0.143. The van der Waals surface area contributed by atoms with Gasteiger partial charge in [-0.25, -0.2) is 0 Å². The lowest BCUT2D eigenvalue weighted by molar-refractivity contribution is -0.385. The molecule has 0 atom stereocenters. The van der Waals surface area contributed by atoms with Gasteiger partial charge in [0.25, 0.3) is 5.69 Å². The molecule has 2 aromatic rings. The summed E-state index contributed by atoms with van der Waals surface area (Å²) in [6, 6.07) is 2.99. The van der Waals surface area contributed by atoms with Crippen molar-refractivity contribution in [3.05, 3.63) is 28.4 Å². The first-order valence-electron chi connectivity index (χ1n) is 3.75. The van der Waals surface area contributed by atoms with Gasteiger partial charge in [0.05, 0.1) is 11.1 Å². The summed E-state index contributed by atoms with van der Waals surface area (Å²) < 4.78 is 1.60. The van der Waals surface area contributed by atoms with Crippen LogP contribution in [0.4, 0.5) is 5.69 Å². The molecule has 14 heavy (non-hydrogen) atoms. The Morgan fingerprint density at radius 1 is 1.50 bits per heavy atom. The second-order valence-corrected chi connectivity index (χ2v) is 3.33. The van der Waals surface area contributed by atoms with E-state index in [0.717, 1.165) is 0 Å². The summed E-state index contributed by atoms with van der Waals surface area (Å²) in [5.74, 6) is 0. The first-order valence-corrected chi connectivity index (χ1v) is 4.98. The van der Waals surface area contributed by atoms with Gasteiger partial charge in [-0.3, -0.25) is 14.5 Å². The molecule has 2 heterocycles. The summed E-state index contributed by atoms with van der Waals surface area (Å²) >= 11 is 1.39. The summed E-state index contributed by atoms with van der Waals surface area (Å²) in [6.07, 6.45) is 3.26. The fourth-order valence-electron chi connectivity index (χ4n) is 1.11. The van der Waals surface area contributed by atoms with Crippen molar-refractivity contribution in [3.63, 3.8) is 0 Å². The Kier molecular flexibility index (Phi) is 2.08. The normalized spacial score (nSPS) is 10.6. The highest BCUT2D eigenvalue weighted by atomic mass is 32.2. The maximum Gasteiger partial charge on any atom is 0.286 e. The topological polar surface area (TPSA) is 73.3 Å². The second kappa shape index (κ2) is 3.26. The van der Waals surface area contributed by atoms with Crippen molar-refractivity contribution < 1.29 is 4.92 Å². The van der Waals surface area contributed by atoms with Crippen molar-refractivity contribution in [1.29, 1.82) is 0 Å². The van der Waals surface area contributed by atoms with Crippen LogP contribution in [0.25, 0.3) is 5.65 Å². The van der Waals surface area contributed by atoms with Gasteiger partial charge in [-0.05, 0) is 12.3 Å². The van der Waals surface area contributed by atoms with Crippen LogP contribution in [0.5, 0.6) is 0 Å². The number of pyridine rings is 1. The van der Waals surface area contributed by atoms with Gasteiger partial charge < -0.3 is 0 Å². The van der Waals surface area contributed by atoms with Crippen molar-refractivity contribution in [3.8, 4) is 0 Å². The number of nitrogens with zero attached hydrogens (tertiary/aromatic N) is 4. The van der Waals surface area contributed by atoms with Crippen LogP contribution in [-0.2, 0) is 0 Å². The zero-order chi connectivity index (χ0) is 10.1. The van der Waals surface area contributed by atoms with Crippen LogP contribution in [0.15, 0.2) is 23.5 Å². The zero-order valence-electron chi connectivity index (χ0n) is 7.25. The van der Waals surface area contributed by atoms with Crippen LogP contribution < -0.4 is 0 Å². The average Bonchev–Trinajstić information content (AvgIpc) is 2.59. The van der Waals surface area contributed by atoms with Crippen LogP contribution in [0.3, 0.4) is 0 Å². The van der Waals surface area contributed by atoms with Crippen molar-refractivity contribution in [2.24, 2.45) is 0 Å². The Hall–Kier alpha value is -1.63. The molecule has 0 aliphatic heterocycles. The smallest absolute Gasteiger partial charge is 0.270 e. The number of fused-ring (bicyclic) bond motifs is 1. The van der Waals surface area contributed by atoms with Crippen molar-refractivity contribution in [1.82, 2.24) is 14.6 Å². The fourth-order valence-corrected chi connectivity index (χ4v) is 1.57. The third-order valence-corrected chi connectivity index (χ3v) is 2.39. The molecule has 0 radical (unpaired) electrons. The number of thioether (sulfide) groups is 1. The minimum Gasteiger partial charge on any atom is -0.270 e. The molecule has 6 nitrogen and oxygen atoms in total. The third-order valence-electron chi connectivity index (χ3n) is 1.75. The number of aromatic nitrogens is 3. The van der Waals surface area contributed by atoms with E-state index in [4.69, 9.17) is 0 Å². The van der Waals surface area contributed by atoms with E-state index in [-0.39, 0.29) is 5.69 Å². The van der Waals surface area contributed by atoms with E-state index in [1.54, 1.807) is 10.5 Å². The predicted molar refractivity (Wildman–Crippen MR) is 51.4 cm³/mol. The molecule has 0 N–H and O–H groups in total. The first kappa shape index (κ1) is 8.95. The Morgan fingerprint density at radius 2 is 2.29 bits per heavy atom. The predicted octanol–water partition coefficient (Wildman–Crippen LogP) is 1.36. The van der Waals surface area contributed by atoms with Crippen LogP contribution in [0.2, 0.25) is 0 Å². The van der Waals surface area contributed by atoms with Crippen LogP contribution in [-0.4, -0.2) is 25.8 Å². The van der Waals surface area contributed by atoms with Crippen LogP contribution in [0.1, 0.15) is 0 Å². The van der Waals surface area contributed by atoms with Gasteiger partial charge in [-0.15, -0.1) is 10.2 Å². The van der Waals surface area contributed by atoms with Crippen molar-refractivity contribution in [2.75, 3.05) is 6.26 Å². The number of hydrogen-bond donors (Lipinski definition) is 0. The van der Waals surface area contributed by atoms with E-state index in [1.807, 2.05) is 6.26 Å². The second-order valence-electron chi connectivity index (χ2n) is 2.56. The van der Waals surface area contributed by atoms with Gasteiger partial charge in [0.15, 0.2) is 10.8 Å². The summed E-state index contributed by atoms with van der Waals surface area (Å²) in [5, 5.41) is 18.9. The molecule has 0 saturated carbocycles. The Labute approximate surface area is 83.1 Å². The molecule has 0 aliphatic rings. The molecule has 0 saturated heterocycles. The van der Waals surface area contributed by atoms with Gasteiger partial charge in [0.1, 0.15) is 0 Å². The summed E-state index contributed by atoms with van der Waals surface area (Å²) in [7, 11) is 0. The van der Waals surface area contributed by atoms with E-state index in [0.29, 0.717) is 10.8 Å². The molecule has 2 rings (SSSR count). The van der Waals surface area contributed by atoms with E-state index in [1.165, 1.54) is 24.0 Å². The van der Waals surface area contributed by atoms with Gasteiger partial charge in [-0.2, -0.15) is 0 Å². The molecule has 72 valence electrons. The van der Waals surface area contributed by atoms with Gasteiger partial charge in [0.2, 0.25) is 0 Å². The maximum atomic E-state index is 10.5. The molecule has 2 aromatic heterocycles. The largest absolute Gasteiger partial charge is 0.286 e. The van der Waals surface area contributed by atoms with E-state index < -0.39 is 4.92 Å². The van der Waals surface area contributed by atoms with Crippen LogP contribution in [0, 0.1) is 10.1 Å². The van der Waals surface area contributed by atoms with Crippen molar-refractivity contribution in [2.45, 2.75) is 5.16 Å². The lowest BCUT2D eigenvalue weighted by atomic mass is 10.4. The molecule has 0 aromatic carbocycles. The maximum absolute atomic E-state index is 10.5. The number of rotatable bonds is 2. The lowest BCUT2D eigenvalue weighted by Gasteiger charge is -1.95. The highest BCUT2D eigenvalue weighted by Gasteiger charge is 2.09. The third kappa shape index (κ3) is 1.31. The minimum absolute atomic E-state index is 0.0348. The molecular formula is C7H6N4O2S. The molecule has 0 spiro atoms. The highest BCUT2D eigenvalue weighted by molar-refractivity contribution is 7.98. The molecule has 7 heteroatoms. The average molecular weight is 210 g/mol. The molecular weight excluding hydrogens is 204 g/mol. The Balaban J connectivity index is 2.67. The van der Waals surface area contributed by atoms with E-state index in [2.05, 4.69) is 10.2 Å². The summed E-state index contributed by atoms with van der Waals surface area (Å²) in [4.78, 5) is 10.1. The Bertz CT molecular complexity index is 495. The monoisotopic (exact) mass is 210 g/mol. The molecule has 0 bridgehead atoms. The lowest BCUT2D eigenvalue weighted by Crippen LogP contribution is -1.92. The zero-order valence-corrected chi connectivity index (χ0v) is 8.06. The SMILES string of the molecule is CSc1nnc2ccc([N+](=O)[O-])cn12. The molecule has 0 fully saturated rings. The molecule has 0 unspecified atom stereocenters. The number of hydrogen-bond acceptors (Lipinski definition) is 5. The standard InChI is InChI=1S/C7H6N4O2S/c1-14-7-9-8-6-3-2-5(11(12)13)4-10(6)7/h2-4H,1H3. The summed E-state index contributed by atoms with van der Waals surface area (Å²) in [6.45, 7) is 0. The van der Waals surface area contributed by atoms with Crippen molar-refractivity contribution >= 4 is 23.1 Å².